The number of benzene rings is 1. The SMILES string of the molecule is CCC(Nc1cn(C)nc1C)c1ccc(F)cc1. The van der Waals surface area contributed by atoms with Crippen molar-refractivity contribution in [1.29, 1.82) is 0 Å². The fourth-order valence-electron chi connectivity index (χ4n) is 2.05. The van der Waals surface area contributed by atoms with Gasteiger partial charge in [0.1, 0.15) is 5.82 Å². The predicted octanol–water partition coefficient (Wildman–Crippen LogP) is 3.43. The highest BCUT2D eigenvalue weighted by atomic mass is 19.1. The van der Waals surface area contributed by atoms with Crippen LogP contribution in [0.3, 0.4) is 0 Å². The van der Waals surface area contributed by atoms with E-state index in [0.29, 0.717) is 0 Å². The van der Waals surface area contributed by atoms with Gasteiger partial charge < -0.3 is 5.32 Å². The lowest BCUT2D eigenvalue weighted by molar-refractivity contribution is 0.625. The van der Waals surface area contributed by atoms with E-state index in [1.54, 1.807) is 4.68 Å². The molecule has 0 aliphatic heterocycles. The van der Waals surface area contributed by atoms with Crippen LogP contribution in [0.5, 0.6) is 0 Å². The van der Waals surface area contributed by atoms with E-state index in [4.69, 9.17) is 0 Å². The molecule has 1 aromatic heterocycles. The summed E-state index contributed by atoms with van der Waals surface area (Å²) in [4.78, 5) is 0. The molecule has 2 aromatic rings. The number of anilines is 1. The normalized spacial score (nSPS) is 12.4. The van der Waals surface area contributed by atoms with Crippen molar-refractivity contribution in [1.82, 2.24) is 9.78 Å². The molecule has 1 heterocycles. The Morgan fingerprint density at radius 1 is 1.33 bits per heavy atom. The van der Waals surface area contributed by atoms with Gasteiger partial charge in [-0.25, -0.2) is 4.39 Å². The Kier molecular flexibility index (Phi) is 3.65. The second kappa shape index (κ2) is 5.21. The van der Waals surface area contributed by atoms with Gasteiger partial charge in [-0.05, 0) is 31.0 Å². The van der Waals surface area contributed by atoms with Crippen LogP contribution in [0.4, 0.5) is 10.1 Å². The lowest BCUT2D eigenvalue weighted by Gasteiger charge is -2.18. The first-order valence-electron chi connectivity index (χ1n) is 6.12. The summed E-state index contributed by atoms with van der Waals surface area (Å²) in [5.41, 5.74) is 3.08. The van der Waals surface area contributed by atoms with Crippen molar-refractivity contribution in [3.05, 3.63) is 47.5 Å². The summed E-state index contributed by atoms with van der Waals surface area (Å²) in [6, 6.07) is 6.81. The van der Waals surface area contributed by atoms with Crippen LogP contribution in [0.15, 0.2) is 30.5 Å². The molecule has 0 saturated carbocycles. The number of rotatable bonds is 4. The van der Waals surface area contributed by atoms with Crippen LogP contribution in [-0.2, 0) is 7.05 Å². The van der Waals surface area contributed by atoms with Gasteiger partial charge in [-0.15, -0.1) is 0 Å². The first-order chi connectivity index (χ1) is 8.60. The molecule has 0 fully saturated rings. The molecule has 0 bridgehead atoms. The van der Waals surface area contributed by atoms with Gasteiger partial charge >= 0.3 is 0 Å². The summed E-state index contributed by atoms with van der Waals surface area (Å²) in [5, 5.41) is 7.75. The quantitative estimate of drug-likeness (QED) is 0.897. The number of aromatic nitrogens is 2. The van der Waals surface area contributed by atoms with Crippen molar-refractivity contribution in [2.45, 2.75) is 26.3 Å². The average molecular weight is 247 g/mol. The highest BCUT2D eigenvalue weighted by Gasteiger charge is 2.12. The summed E-state index contributed by atoms with van der Waals surface area (Å²) < 4.78 is 14.7. The molecule has 1 N–H and O–H groups in total. The maximum atomic E-state index is 12.9. The topological polar surface area (TPSA) is 29.9 Å². The van der Waals surface area contributed by atoms with Gasteiger partial charge in [-0.3, -0.25) is 4.68 Å². The maximum Gasteiger partial charge on any atom is 0.123 e. The molecule has 1 aromatic carbocycles. The number of nitrogens with one attached hydrogen (secondary N) is 1. The minimum Gasteiger partial charge on any atom is -0.375 e. The van der Waals surface area contributed by atoms with E-state index in [9.17, 15) is 4.39 Å². The van der Waals surface area contributed by atoms with Crippen molar-refractivity contribution < 1.29 is 4.39 Å². The summed E-state index contributed by atoms with van der Waals surface area (Å²) >= 11 is 0. The monoisotopic (exact) mass is 247 g/mol. The largest absolute Gasteiger partial charge is 0.375 e. The minimum atomic E-state index is -0.203. The van der Waals surface area contributed by atoms with Crippen LogP contribution in [0.1, 0.15) is 30.6 Å². The number of nitrogens with zero attached hydrogens (tertiary/aromatic N) is 2. The molecule has 0 aliphatic carbocycles. The van der Waals surface area contributed by atoms with Gasteiger partial charge in [0.15, 0.2) is 0 Å². The van der Waals surface area contributed by atoms with Crippen molar-refractivity contribution in [3.8, 4) is 0 Å². The highest BCUT2D eigenvalue weighted by molar-refractivity contribution is 5.47. The van der Waals surface area contributed by atoms with Crippen LogP contribution in [0.2, 0.25) is 0 Å². The molecule has 96 valence electrons. The molecule has 0 saturated heterocycles. The van der Waals surface area contributed by atoms with Crippen LogP contribution in [0.25, 0.3) is 0 Å². The van der Waals surface area contributed by atoms with E-state index >= 15 is 0 Å². The molecule has 1 unspecified atom stereocenters. The standard InChI is InChI=1S/C14H18FN3/c1-4-13(11-5-7-12(15)8-6-11)16-14-9-18(3)17-10(14)2/h5-9,13,16H,4H2,1-3H3. The van der Waals surface area contributed by atoms with Crippen LogP contribution >= 0.6 is 0 Å². The molecule has 0 amide bonds. The first kappa shape index (κ1) is 12.6. The molecular formula is C14H18FN3. The summed E-state index contributed by atoms with van der Waals surface area (Å²) in [7, 11) is 1.90. The van der Waals surface area contributed by atoms with Crippen molar-refractivity contribution in [2.75, 3.05) is 5.32 Å². The predicted molar refractivity (Wildman–Crippen MR) is 71.0 cm³/mol. The Morgan fingerprint density at radius 2 is 2.00 bits per heavy atom. The summed E-state index contributed by atoms with van der Waals surface area (Å²) in [5.74, 6) is -0.203. The zero-order valence-corrected chi connectivity index (χ0v) is 10.9. The molecule has 0 spiro atoms. The summed E-state index contributed by atoms with van der Waals surface area (Å²) in [6.45, 7) is 4.08. The number of halogens is 1. The number of hydrogen-bond acceptors (Lipinski definition) is 2. The zero-order chi connectivity index (χ0) is 13.1. The lowest BCUT2D eigenvalue weighted by atomic mass is 10.0. The Morgan fingerprint density at radius 3 is 2.50 bits per heavy atom. The minimum absolute atomic E-state index is 0.175. The van der Waals surface area contributed by atoms with Crippen molar-refractivity contribution in [3.63, 3.8) is 0 Å². The van der Waals surface area contributed by atoms with Crippen molar-refractivity contribution >= 4 is 5.69 Å². The van der Waals surface area contributed by atoms with Crippen LogP contribution < -0.4 is 5.32 Å². The maximum absolute atomic E-state index is 12.9. The molecule has 1 atom stereocenters. The van der Waals surface area contributed by atoms with E-state index in [0.717, 1.165) is 23.4 Å². The fourth-order valence-corrected chi connectivity index (χ4v) is 2.05. The fraction of sp³-hybridized carbons (Fsp3) is 0.357. The molecule has 4 heteroatoms. The first-order valence-corrected chi connectivity index (χ1v) is 6.12. The molecule has 0 aliphatic rings. The Balaban J connectivity index is 2.19. The number of aryl methyl sites for hydroxylation is 2. The van der Waals surface area contributed by atoms with Gasteiger partial charge in [0.2, 0.25) is 0 Å². The molecule has 2 rings (SSSR count). The molecule has 3 nitrogen and oxygen atoms in total. The highest BCUT2D eigenvalue weighted by Crippen LogP contribution is 2.24. The third-order valence-electron chi connectivity index (χ3n) is 3.02. The Hall–Kier alpha value is -1.84. The van der Waals surface area contributed by atoms with E-state index in [2.05, 4.69) is 17.3 Å². The van der Waals surface area contributed by atoms with Gasteiger partial charge in [-0.1, -0.05) is 19.1 Å². The van der Waals surface area contributed by atoms with Gasteiger partial charge in [-0.2, -0.15) is 5.10 Å². The van der Waals surface area contributed by atoms with E-state index in [1.807, 2.05) is 32.3 Å². The van der Waals surface area contributed by atoms with Crippen molar-refractivity contribution in [2.24, 2.45) is 7.05 Å². The second-order valence-electron chi connectivity index (χ2n) is 4.46. The zero-order valence-electron chi connectivity index (χ0n) is 10.9. The Bertz CT molecular complexity index is 516. The summed E-state index contributed by atoms with van der Waals surface area (Å²) in [6.07, 6.45) is 2.89. The van der Waals surface area contributed by atoms with E-state index < -0.39 is 0 Å². The second-order valence-corrected chi connectivity index (χ2v) is 4.46. The lowest BCUT2D eigenvalue weighted by Crippen LogP contribution is -2.09. The van der Waals surface area contributed by atoms with Crippen LogP contribution in [0, 0.1) is 12.7 Å². The molecule has 0 radical (unpaired) electrons. The smallest absolute Gasteiger partial charge is 0.123 e. The Labute approximate surface area is 107 Å². The average Bonchev–Trinajstić information content (AvgIpc) is 2.66. The van der Waals surface area contributed by atoms with Gasteiger partial charge in [0.25, 0.3) is 0 Å². The third-order valence-corrected chi connectivity index (χ3v) is 3.02. The van der Waals surface area contributed by atoms with Gasteiger partial charge in [0, 0.05) is 13.2 Å². The third kappa shape index (κ3) is 2.70. The van der Waals surface area contributed by atoms with E-state index in [1.165, 1.54) is 12.1 Å². The molecule has 18 heavy (non-hydrogen) atoms. The van der Waals surface area contributed by atoms with Gasteiger partial charge in [0.05, 0.1) is 17.4 Å². The van der Waals surface area contributed by atoms with Crippen LogP contribution in [-0.4, -0.2) is 9.78 Å². The van der Waals surface area contributed by atoms with E-state index in [-0.39, 0.29) is 11.9 Å². The number of hydrogen-bond donors (Lipinski definition) is 1. The molecular weight excluding hydrogens is 229 g/mol.